The molecule has 0 aliphatic carbocycles. The normalized spacial score (nSPS) is 14.9. The van der Waals surface area contributed by atoms with Crippen LogP contribution in [0.25, 0.3) is 50.3 Å². The number of imidazole rings is 1. The molecule has 5 aromatic heterocycles. The molecule has 1 aliphatic heterocycles. The van der Waals surface area contributed by atoms with E-state index in [9.17, 15) is 41.5 Å². The molecule has 5 N–H and O–H groups in total. The number of aliphatic hydroxyl groups is 1. The number of nitrogens with zero attached hydrogens (tertiary/aromatic N) is 7. The average Bonchev–Trinajstić information content (AvgIpc) is 4.44. The van der Waals surface area contributed by atoms with E-state index in [-0.39, 0.29) is 67.0 Å². The highest BCUT2D eigenvalue weighted by molar-refractivity contribution is 7.92. The number of fused-ring (bicyclic) bond motifs is 1. The first-order valence-corrected chi connectivity index (χ1v) is 28.4. The fourth-order valence-electron chi connectivity index (χ4n) is 9.43. The molecule has 8 aromatic rings. The molecule has 20 nitrogen and oxygen atoms in total. The Morgan fingerprint density at radius 3 is 2.37 bits per heavy atom. The largest absolute Gasteiger partial charge is 0.480 e. The van der Waals surface area contributed by atoms with Gasteiger partial charge in [-0.25, -0.2) is 32.2 Å². The Balaban J connectivity index is 0.756. The molecule has 81 heavy (non-hydrogen) atoms. The molecule has 0 radical (unpaired) electrons. The standard InChI is InChI=1S/C57H59F2N11O9S2/c1-33-49(80-32-64-33)35-17-15-34(16-18-35)27-62-52(74)44-26-39(71)31-70(44)56(75)50(57(2,3)4)65-48(72)14-8-6-7-11-23-60-51(73)40-12-9-10-13-41(40)53-66-67-55(79-53)45-29-61-47-22-19-36(30-69(45)47)37-24-43(54(78-5)63-28-37)68-81(76,77)46-21-20-38(58)25-42(46)59/h9-10,12-13,15-22,24-25,28-30,32,39,44,50,68,71H,6-8,11,14,23,26-27,31H2,1-5H3,(H,60,73)(H,62,74)(H,65,72). The van der Waals surface area contributed by atoms with Gasteiger partial charge < -0.3 is 35.1 Å². The number of unbranched alkanes of at least 4 members (excludes halogenated alkanes) is 3. The summed E-state index contributed by atoms with van der Waals surface area (Å²) in [5, 5.41) is 28.0. The number of ether oxygens (including phenoxy) is 1. The smallest absolute Gasteiger partial charge is 0.266 e. The summed E-state index contributed by atoms with van der Waals surface area (Å²) in [6.45, 7) is 8.03. The van der Waals surface area contributed by atoms with Crippen LogP contribution in [0.15, 0.2) is 118 Å². The Bertz CT molecular complexity index is 3730. The molecule has 3 unspecified atom stereocenters. The molecule has 0 saturated carbocycles. The number of likely N-dealkylation sites (tertiary alicyclic amines) is 1. The van der Waals surface area contributed by atoms with Crippen molar-refractivity contribution < 1.29 is 50.6 Å². The molecule has 0 spiro atoms. The van der Waals surface area contributed by atoms with Crippen LogP contribution >= 0.6 is 11.3 Å². The molecule has 0 bridgehead atoms. The molecule has 3 atom stereocenters. The van der Waals surface area contributed by atoms with Crippen LogP contribution in [0, 0.1) is 24.0 Å². The van der Waals surface area contributed by atoms with E-state index >= 15 is 0 Å². The molecule has 6 heterocycles. The SMILES string of the molecule is COc1ncc(-c2ccc3ncc(-c4nnc(-c5ccccc5C(=O)NCCCCCCC(=O)NC(C(=O)N5CC(O)CC5C(=O)NCc5ccc(-c6scnc6C)cc5)C(C)(C)C)o4)n3c2)cc1NS(=O)(=O)c1ccc(F)cc1F. The van der Waals surface area contributed by atoms with E-state index in [4.69, 9.17) is 9.15 Å². The predicted molar refractivity (Wildman–Crippen MR) is 298 cm³/mol. The average molecular weight is 1140 g/mol. The van der Waals surface area contributed by atoms with Crippen molar-refractivity contribution in [2.75, 3.05) is 24.9 Å². The number of aryl methyl sites for hydroxylation is 1. The fourth-order valence-corrected chi connectivity index (χ4v) is 11.3. The summed E-state index contributed by atoms with van der Waals surface area (Å²) in [5.74, 6) is -3.64. The molecular formula is C57H59F2N11O9S2. The van der Waals surface area contributed by atoms with Crippen molar-refractivity contribution in [1.82, 2.24) is 50.4 Å². The molecule has 4 amide bonds. The number of rotatable bonds is 21. The van der Waals surface area contributed by atoms with Gasteiger partial charge in [0.05, 0.1) is 46.6 Å². The van der Waals surface area contributed by atoms with Gasteiger partial charge in [-0.15, -0.1) is 21.5 Å². The zero-order valence-corrected chi connectivity index (χ0v) is 46.5. The van der Waals surface area contributed by atoms with Gasteiger partial charge in [0.2, 0.25) is 29.5 Å². The van der Waals surface area contributed by atoms with Gasteiger partial charge in [-0.3, -0.25) is 28.3 Å². The Kier molecular flexibility index (Phi) is 17.3. The number of β-amino-alcohol motifs (C(OH)–C–C–N with tert-alkyl or cyclic N) is 1. The number of hydrogen-bond acceptors (Lipinski definition) is 15. The molecule has 422 valence electrons. The number of hydrogen-bond donors (Lipinski definition) is 5. The van der Waals surface area contributed by atoms with Gasteiger partial charge in [0.15, 0.2) is 0 Å². The summed E-state index contributed by atoms with van der Waals surface area (Å²) < 4.78 is 69.8. The summed E-state index contributed by atoms with van der Waals surface area (Å²) in [6, 6.07) is 19.8. The number of carbonyl (C=O) groups excluding carboxylic acids is 4. The van der Waals surface area contributed by atoms with E-state index in [1.165, 1.54) is 30.5 Å². The van der Waals surface area contributed by atoms with Crippen LogP contribution < -0.4 is 25.4 Å². The lowest BCUT2D eigenvalue weighted by atomic mass is 9.85. The van der Waals surface area contributed by atoms with Crippen LogP contribution in [0.3, 0.4) is 0 Å². The van der Waals surface area contributed by atoms with Crippen molar-refractivity contribution in [3.8, 4) is 50.5 Å². The lowest BCUT2D eigenvalue weighted by Gasteiger charge is -2.35. The topological polar surface area (TPSA) is 265 Å². The highest BCUT2D eigenvalue weighted by Crippen LogP contribution is 2.34. The van der Waals surface area contributed by atoms with Gasteiger partial charge >= 0.3 is 0 Å². The maximum absolute atomic E-state index is 14.5. The zero-order chi connectivity index (χ0) is 57.6. The molecule has 24 heteroatoms. The van der Waals surface area contributed by atoms with Gasteiger partial charge in [0.25, 0.3) is 21.8 Å². The summed E-state index contributed by atoms with van der Waals surface area (Å²) in [6.07, 6.45) is 6.57. The maximum atomic E-state index is 14.5. The minimum absolute atomic E-state index is 0.0295. The second kappa shape index (κ2) is 24.5. The first-order valence-electron chi connectivity index (χ1n) is 26.0. The number of pyridine rings is 2. The van der Waals surface area contributed by atoms with Crippen LogP contribution in [0.4, 0.5) is 14.5 Å². The van der Waals surface area contributed by atoms with Crippen LogP contribution in [0.1, 0.15) is 80.9 Å². The van der Waals surface area contributed by atoms with Crippen LogP contribution in [-0.2, 0) is 31.0 Å². The van der Waals surface area contributed by atoms with Crippen molar-refractivity contribution in [2.45, 2.75) is 95.8 Å². The van der Waals surface area contributed by atoms with Gasteiger partial charge in [-0.2, -0.15) is 0 Å². The van der Waals surface area contributed by atoms with Gasteiger partial charge in [0.1, 0.15) is 45.6 Å². The Morgan fingerprint density at radius 2 is 1.63 bits per heavy atom. The molecule has 1 fully saturated rings. The Hall–Kier alpha value is -8.48. The predicted octanol–water partition coefficient (Wildman–Crippen LogP) is 8.12. The number of anilines is 1. The number of nitrogens with one attached hydrogen (secondary N) is 4. The lowest BCUT2D eigenvalue weighted by molar-refractivity contribution is -0.144. The van der Waals surface area contributed by atoms with Crippen molar-refractivity contribution in [3.05, 3.63) is 137 Å². The highest BCUT2D eigenvalue weighted by Gasteiger charge is 2.44. The van der Waals surface area contributed by atoms with Crippen LogP contribution in [0.2, 0.25) is 0 Å². The molecule has 3 aromatic carbocycles. The Labute approximate surface area is 469 Å². The van der Waals surface area contributed by atoms with Crippen LogP contribution in [0.5, 0.6) is 5.88 Å². The quantitative estimate of drug-likeness (QED) is 0.0426. The second-order valence-electron chi connectivity index (χ2n) is 20.6. The van der Waals surface area contributed by atoms with E-state index in [0.29, 0.717) is 71.9 Å². The van der Waals surface area contributed by atoms with E-state index in [0.717, 1.165) is 33.8 Å². The van der Waals surface area contributed by atoms with Crippen molar-refractivity contribution in [3.63, 3.8) is 0 Å². The van der Waals surface area contributed by atoms with Crippen molar-refractivity contribution in [1.29, 1.82) is 0 Å². The fraction of sp³-hybridized carbons (Fsp3) is 0.316. The molecule has 1 aliphatic rings. The minimum atomic E-state index is -4.54. The third kappa shape index (κ3) is 13.2. The number of benzene rings is 3. The summed E-state index contributed by atoms with van der Waals surface area (Å²) in [5.41, 5.74) is 6.42. The van der Waals surface area contributed by atoms with Gasteiger partial charge in [0, 0.05) is 62.1 Å². The second-order valence-corrected chi connectivity index (χ2v) is 23.1. The highest BCUT2D eigenvalue weighted by atomic mass is 32.2. The molecule has 9 rings (SSSR count). The zero-order valence-electron chi connectivity index (χ0n) is 44.9. The summed E-state index contributed by atoms with van der Waals surface area (Å²) >= 11 is 1.56. The number of aliphatic hydroxyl groups excluding tert-OH is 1. The number of halogens is 2. The third-order valence-electron chi connectivity index (χ3n) is 13.7. The number of sulfonamides is 1. The van der Waals surface area contributed by atoms with E-state index < -0.39 is 56.1 Å². The van der Waals surface area contributed by atoms with Gasteiger partial charge in [-0.05, 0) is 78.8 Å². The van der Waals surface area contributed by atoms with Crippen LogP contribution in [-0.4, -0.2) is 110 Å². The minimum Gasteiger partial charge on any atom is -0.480 e. The Morgan fingerprint density at radius 1 is 0.877 bits per heavy atom. The monoisotopic (exact) mass is 1140 g/mol. The molecule has 1 saturated heterocycles. The summed E-state index contributed by atoms with van der Waals surface area (Å²) in [4.78, 5) is 69.3. The van der Waals surface area contributed by atoms with E-state index in [1.807, 2.05) is 52.0 Å². The number of methoxy groups -OCH3 is 1. The lowest BCUT2D eigenvalue weighted by Crippen LogP contribution is -2.57. The molecular weight excluding hydrogens is 1080 g/mol. The first-order chi connectivity index (χ1) is 38.8. The number of thiazole rings is 1. The van der Waals surface area contributed by atoms with E-state index in [2.05, 4.69) is 45.8 Å². The number of carbonyl (C=O) groups is 4. The number of amides is 4. The van der Waals surface area contributed by atoms with Crippen molar-refractivity contribution >= 4 is 56.3 Å². The van der Waals surface area contributed by atoms with Crippen molar-refractivity contribution in [2.24, 2.45) is 5.41 Å². The van der Waals surface area contributed by atoms with E-state index in [1.54, 1.807) is 63.8 Å². The first kappa shape index (κ1) is 57.2. The number of aromatic nitrogens is 6. The van der Waals surface area contributed by atoms with Gasteiger partial charge in [-0.1, -0.05) is 70.0 Å². The third-order valence-corrected chi connectivity index (χ3v) is 16.1. The summed E-state index contributed by atoms with van der Waals surface area (Å²) in [7, 11) is -3.25. The maximum Gasteiger partial charge on any atom is 0.266 e.